The van der Waals surface area contributed by atoms with Gasteiger partial charge in [-0.1, -0.05) is 54.6 Å². The summed E-state index contributed by atoms with van der Waals surface area (Å²) in [6, 6.07) is 18.3. The van der Waals surface area contributed by atoms with Crippen LogP contribution in [0.5, 0.6) is 5.75 Å². The maximum Gasteiger partial charge on any atom is 0.322 e. The number of nitrogens with one attached hydrogen (secondary N) is 1. The van der Waals surface area contributed by atoms with Crippen molar-refractivity contribution in [1.82, 2.24) is 15.3 Å². The van der Waals surface area contributed by atoms with Crippen LogP contribution in [-0.4, -0.2) is 38.6 Å². The lowest BCUT2D eigenvalue weighted by atomic mass is 10.0. The van der Waals surface area contributed by atoms with Gasteiger partial charge in [-0.25, -0.2) is 9.97 Å². The molecule has 0 bridgehead atoms. The standard InChI is InChI=1S/C22H21N3O4/c1-14-21(28)20(22(29)23-13-19(26)27)25-18(24-14)12-9-15-7-10-17(11-8-15)16-5-3-2-4-6-16/h2-8,10-11,28H,9,12-13H2,1H3,(H,23,29)(H,26,27). The third kappa shape index (κ3) is 5.16. The van der Waals surface area contributed by atoms with Gasteiger partial charge in [0, 0.05) is 6.42 Å². The summed E-state index contributed by atoms with van der Waals surface area (Å²) in [4.78, 5) is 31.1. The zero-order valence-electron chi connectivity index (χ0n) is 15.9. The second-order valence-electron chi connectivity index (χ2n) is 6.56. The number of aryl methyl sites for hydroxylation is 3. The molecule has 3 aromatic rings. The van der Waals surface area contributed by atoms with Gasteiger partial charge >= 0.3 is 5.97 Å². The van der Waals surface area contributed by atoms with E-state index in [1.807, 2.05) is 30.3 Å². The zero-order chi connectivity index (χ0) is 20.8. The Morgan fingerprint density at radius 1 is 0.931 bits per heavy atom. The van der Waals surface area contributed by atoms with E-state index >= 15 is 0 Å². The summed E-state index contributed by atoms with van der Waals surface area (Å²) in [7, 11) is 0. The number of aromatic nitrogens is 2. The van der Waals surface area contributed by atoms with Crippen LogP contribution in [0.1, 0.15) is 27.6 Å². The second kappa shape index (κ2) is 8.97. The smallest absolute Gasteiger partial charge is 0.322 e. The van der Waals surface area contributed by atoms with Crippen LogP contribution >= 0.6 is 0 Å². The number of rotatable bonds is 7. The van der Waals surface area contributed by atoms with Crippen molar-refractivity contribution in [1.29, 1.82) is 0 Å². The number of amides is 1. The molecule has 3 N–H and O–H groups in total. The Morgan fingerprint density at radius 2 is 1.59 bits per heavy atom. The molecule has 0 aliphatic heterocycles. The summed E-state index contributed by atoms with van der Waals surface area (Å²) in [5.74, 6) is -1.86. The Hall–Kier alpha value is -3.74. The molecule has 2 aromatic carbocycles. The summed E-state index contributed by atoms with van der Waals surface area (Å²) < 4.78 is 0. The van der Waals surface area contributed by atoms with Crippen LogP contribution < -0.4 is 5.32 Å². The first-order valence-electron chi connectivity index (χ1n) is 9.15. The Morgan fingerprint density at radius 3 is 2.24 bits per heavy atom. The molecule has 0 aliphatic rings. The summed E-state index contributed by atoms with van der Waals surface area (Å²) in [6.45, 7) is 1.02. The molecular formula is C22H21N3O4. The number of aromatic hydroxyl groups is 1. The quantitative estimate of drug-likeness (QED) is 0.571. The highest BCUT2D eigenvalue weighted by molar-refractivity contribution is 5.96. The monoisotopic (exact) mass is 391 g/mol. The van der Waals surface area contributed by atoms with E-state index in [4.69, 9.17) is 5.11 Å². The maximum atomic E-state index is 12.1. The van der Waals surface area contributed by atoms with Crippen LogP contribution in [-0.2, 0) is 17.6 Å². The van der Waals surface area contributed by atoms with Gasteiger partial charge in [0.1, 0.15) is 12.4 Å². The minimum Gasteiger partial charge on any atom is -0.504 e. The van der Waals surface area contributed by atoms with Crippen molar-refractivity contribution >= 4 is 11.9 Å². The highest BCUT2D eigenvalue weighted by Crippen LogP contribution is 2.21. The van der Waals surface area contributed by atoms with Gasteiger partial charge in [-0.15, -0.1) is 0 Å². The Labute approximate surface area is 168 Å². The van der Waals surface area contributed by atoms with Crippen molar-refractivity contribution in [2.75, 3.05) is 6.54 Å². The van der Waals surface area contributed by atoms with Crippen LogP contribution in [0.15, 0.2) is 54.6 Å². The fourth-order valence-corrected chi connectivity index (χ4v) is 2.89. The van der Waals surface area contributed by atoms with Crippen molar-refractivity contribution in [2.45, 2.75) is 19.8 Å². The number of benzene rings is 2. The molecule has 0 fully saturated rings. The van der Waals surface area contributed by atoms with Crippen molar-refractivity contribution in [3.8, 4) is 16.9 Å². The molecule has 3 rings (SSSR count). The molecular weight excluding hydrogens is 370 g/mol. The third-order valence-electron chi connectivity index (χ3n) is 4.42. The number of carboxylic acid groups (broad SMARTS) is 1. The highest BCUT2D eigenvalue weighted by atomic mass is 16.4. The molecule has 0 saturated heterocycles. The van der Waals surface area contributed by atoms with Gasteiger partial charge in [-0.2, -0.15) is 0 Å². The van der Waals surface area contributed by atoms with Gasteiger partial charge in [0.15, 0.2) is 11.4 Å². The van der Waals surface area contributed by atoms with Crippen LogP contribution in [0, 0.1) is 6.92 Å². The van der Waals surface area contributed by atoms with Gasteiger partial charge in [-0.05, 0) is 30.0 Å². The number of aliphatic carboxylic acids is 1. The van der Waals surface area contributed by atoms with Crippen LogP contribution in [0.25, 0.3) is 11.1 Å². The molecule has 7 nitrogen and oxygen atoms in total. The van der Waals surface area contributed by atoms with E-state index in [2.05, 4.69) is 39.6 Å². The van der Waals surface area contributed by atoms with Crippen LogP contribution in [0.3, 0.4) is 0 Å². The number of hydrogen-bond acceptors (Lipinski definition) is 5. The van der Waals surface area contributed by atoms with Crippen molar-refractivity contribution in [3.05, 3.63) is 77.4 Å². The first kappa shape index (κ1) is 20.0. The van der Waals surface area contributed by atoms with E-state index in [0.717, 1.165) is 16.7 Å². The van der Waals surface area contributed by atoms with Crippen molar-refractivity contribution < 1.29 is 19.8 Å². The molecule has 1 aromatic heterocycles. The van der Waals surface area contributed by atoms with Gasteiger partial charge in [-0.3, -0.25) is 9.59 Å². The molecule has 148 valence electrons. The van der Waals surface area contributed by atoms with Crippen LogP contribution in [0.2, 0.25) is 0 Å². The number of carbonyl (C=O) groups is 2. The van der Waals surface area contributed by atoms with Crippen LogP contribution in [0.4, 0.5) is 0 Å². The molecule has 1 amide bonds. The number of carbonyl (C=O) groups excluding carboxylic acids is 1. The summed E-state index contributed by atoms with van der Waals surface area (Å²) in [5, 5.41) is 20.9. The summed E-state index contributed by atoms with van der Waals surface area (Å²) in [5.41, 5.74) is 3.43. The maximum absolute atomic E-state index is 12.1. The van der Waals surface area contributed by atoms with Crippen molar-refractivity contribution in [2.24, 2.45) is 0 Å². The van der Waals surface area contributed by atoms with Gasteiger partial charge in [0.25, 0.3) is 5.91 Å². The average Bonchev–Trinajstić information content (AvgIpc) is 2.73. The lowest BCUT2D eigenvalue weighted by molar-refractivity contribution is -0.135. The number of carboxylic acids is 1. The van der Waals surface area contributed by atoms with E-state index in [-0.39, 0.29) is 17.1 Å². The molecule has 0 atom stereocenters. The molecule has 0 spiro atoms. The molecule has 7 heteroatoms. The minimum absolute atomic E-state index is 0.215. The summed E-state index contributed by atoms with van der Waals surface area (Å²) >= 11 is 0. The first-order valence-corrected chi connectivity index (χ1v) is 9.15. The average molecular weight is 391 g/mol. The largest absolute Gasteiger partial charge is 0.504 e. The SMILES string of the molecule is Cc1nc(CCc2ccc(-c3ccccc3)cc2)nc(C(=O)NCC(=O)O)c1O. The molecule has 0 aliphatic carbocycles. The second-order valence-corrected chi connectivity index (χ2v) is 6.56. The zero-order valence-corrected chi connectivity index (χ0v) is 15.9. The van der Waals surface area contributed by atoms with E-state index in [1.165, 1.54) is 0 Å². The van der Waals surface area contributed by atoms with Gasteiger partial charge in [0.05, 0.1) is 5.69 Å². The minimum atomic E-state index is -1.18. The Bertz CT molecular complexity index is 1020. The highest BCUT2D eigenvalue weighted by Gasteiger charge is 2.18. The topological polar surface area (TPSA) is 112 Å². The number of hydrogen-bond donors (Lipinski definition) is 3. The lowest BCUT2D eigenvalue weighted by Crippen LogP contribution is -2.30. The molecule has 29 heavy (non-hydrogen) atoms. The van der Waals surface area contributed by atoms with E-state index in [1.54, 1.807) is 6.92 Å². The first-order chi connectivity index (χ1) is 13.9. The predicted molar refractivity (Wildman–Crippen MR) is 108 cm³/mol. The van der Waals surface area contributed by atoms with Crippen molar-refractivity contribution in [3.63, 3.8) is 0 Å². The fraction of sp³-hybridized carbons (Fsp3) is 0.182. The Balaban J connectivity index is 1.70. The normalized spacial score (nSPS) is 10.5. The van der Waals surface area contributed by atoms with E-state index in [0.29, 0.717) is 18.7 Å². The summed E-state index contributed by atoms with van der Waals surface area (Å²) in [6.07, 6.45) is 1.14. The van der Waals surface area contributed by atoms with Gasteiger partial charge < -0.3 is 15.5 Å². The molecule has 0 radical (unpaired) electrons. The molecule has 0 unspecified atom stereocenters. The third-order valence-corrected chi connectivity index (χ3v) is 4.42. The van der Waals surface area contributed by atoms with E-state index in [9.17, 15) is 14.7 Å². The molecule has 1 heterocycles. The van der Waals surface area contributed by atoms with E-state index < -0.39 is 18.4 Å². The fourth-order valence-electron chi connectivity index (χ4n) is 2.89. The van der Waals surface area contributed by atoms with Gasteiger partial charge in [0.2, 0.25) is 0 Å². The molecule has 0 saturated carbocycles. The predicted octanol–water partition coefficient (Wildman–Crippen LogP) is 2.76. The number of nitrogens with zero attached hydrogens (tertiary/aromatic N) is 2. The Kier molecular flexibility index (Phi) is 6.19. The lowest BCUT2D eigenvalue weighted by Gasteiger charge is -2.09.